The molecule has 5 nitrogen and oxygen atoms in total. The molecular weight excluding hydrogens is 186 g/mol. The van der Waals surface area contributed by atoms with Gasteiger partial charge < -0.3 is 10.3 Å². The van der Waals surface area contributed by atoms with Gasteiger partial charge in [0.15, 0.2) is 11.5 Å². The van der Waals surface area contributed by atoms with Crippen LogP contribution in [0.3, 0.4) is 0 Å². The summed E-state index contributed by atoms with van der Waals surface area (Å²) in [6, 6.07) is 0. The maximum atomic E-state index is 4.00. The Bertz CT molecular complexity index is 372. The standard InChI is InChI=1S/C6H7N5.CH4S/c1-7-5-4-6(10-2-8-4)11-3-9-5;1-2/h2-3H,1H3,(H2,7,8,9,10,11);2H,1H3. The number of thiol groups is 1. The molecule has 0 amide bonds. The molecule has 0 spiro atoms. The number of nitrogens with zero attached hydrogens (tertiary/aromatic N) is 3. The van der Waals surface area contributed by atoms with E-state index in [9.17, 15) is 0 Å². The van der Waals surface area contributed by atoms with E-state index < -0.39 is 0 Å². The van der Waals surface area contributed by atoms with Crippen LogP contribution in [-0.4, -0.2) is 33.2 Å². The molecule has 0 aliphatic carbocycles. The fraction of sp³-hybridized carbons (Fsp3) is 0.286. The Morgan fingerprint density at radius 3 is 2.77 bits per heavy atom. The van der Waals surface area contributed by atoms with E-state index in [1.54, 1.807) is 12.6 Å². The number of nitrogens with one attached hydrogen (secondary N) is 2. The summed E-state index contributed by atoms with van der Waals surface area (Å²) in [5.41, 5.74) is 1.53. The van der Waals surface area contributed by atoms with Gasteiger partial charge in [0.05, 0.1) is 6.33 Å². The highest BCUT2D eigenvalue weighted by Crippen LogP contribution is 2.12. The van der Waals surface area contributed by atoms with Crippen LogP contribution in [0.1, 0.15) is 0 Å². The van der Waals surface area contributed by atoms with Gasteiger partial charge in [0, 0.05) is 7.05 Å². The van der Waals surface area contributed by atoms with Gasteiger partial charge in [-0.15, -0.1) is 0 Å². The quantitative estimate of drug-likeness (QED) is 0.595. The average molecular weight is 197 g/mol. The molecule has 0 aliphatic rings. The van der Waals surface area contributed by atoms with Gasteiger partial charge in [-0.2, -0.15) is 12.6 Å². The first-order valence-electron chi connectivity index (χ1n) is 3.68. The third-order valence-electron chi connectivity index (χ3n) is 1.46. The third kappa shape index (κ3) is 1.89. The van der Waals surface area contributed by atoms with Gasteiger partial charge in [-0.05, 0) is 6.26 Å². The molecule has 2 aromatic rings. The van der Waals surface area contributed by atoms with Gasteiger partial charge in [-0.25, -0.2) is 15.0 Å². The molecule has 0 fully saturated rings. The SMILES string of the molecule is CNc1ncnc2nc[nH]c12.CS. The van der Waals surface area contributed by atoms with E-state index in [2.05, 4.69) is 37.9 Å². The van der Waals surface area contributed by atoms with Crippen LogP contribution in [0.15, 0.2) is 12.7 Å². The van der Waals surface area contributed by atoms with Crippen molar-refractivity contribution in [2.24, 2.45) is 0 Å². The summed E-state index contributed by atoms with van der Waals surface area (Å²) in [5, 5.41) is 2.93. The second-order valence-corrected chi connectivity index (χ2v) is 2.07. The zero-order valence-electron chi connectivity index (χ0n) is 7.44. The minimum absolute atomic E-state index is 0.685. The minimum Gasteiger partial charge on any atom is -0.371 e. The molecule has 2 N–H and O–H groups in total. The van der Waals surface area contributed by atoms with Crippen molar-refractivity contribution in [1.82, 2.24) is 19.9 Å². The number of aromatic amines is 1. The van der Waals surface area contributed by atoms with Crippen molar-refractivity contribution in [3.8, 4) is 0 Å². The van der Waals surface area contributed by atoms with Crippen LogP contribution in [0.4, 0.5) is 5.82 Å². The first-order valence-corrected chi connectivity index (χ1v) is 4.58. The van der Waals surface area contributed by atoms with E-state index >= 15 is 0 Å². The molecule has 6 heteroatoms. The lowest BCUT2D eigenvalue weighted by molar-refractivity contribution is 1.19. The highest BCUT2D eigenvalue weighted by molar-refractivity contribution is 7.79. The van der Waals surface area contributed by atoms with Crippen molar-refractivity contribution < 1.29 is 0 Å². The van der Waals surface area contributed by atoms with Crippen LogP contribution in [0, 0.1) is 0 Å². The lowest BCUT2D eigenvalue weighted by Gasteiger charge is -1.96. The summed E-state index contributed by atoms with van der Waals surface area (Å²) in [7, 11) is 1.81. The number of hydrogen-bond acceptors (Lipinski definition) is 5. The summed E-state index contributed by atoms with van der Waals surface area (Å²) < 4.78 is 0. The van der Waals surface area contributed by atoms with Crippen molar-refractivity contribution in [2.75, 3.05) is 18.6 Å². The monoisotopic (exact) mass is 197 g/mol. The molecule has 2 heterocycles. The highest BCUT2D eigenvalue weighted by Gasteiger charge is 2.01. The van der Waals surface area contributed by atoms with E-state index in [-0.39, 0.29) is 0 Å². The molecule has 13 heavy (non-hydrogen) atoms. The minimum atomic E-state index is 0.685. The van der Waals surface area contributed by atoms with Crippen LogP contribution < -0.4 is 5.32 Å². The van der Waals surface area contributed by atoms with Crippen molar-refractivity contribution in [1.29, 1.82) is 0 Å². The van der Waals surface area contributed by atoms with E-state index in [1.165, 1.54) is 6.33 Å². The molecule has 0 saturated carbocycles. The van der Waals surface area contributed by atoms with Gasteiger partial charge in [0.1, 0.15) is 11.8 Å². The van der Waals surface area contributed by atoms with Gasteiger partial charge in [0.25, 0.3) is 0 Å². The summed E-state index contributed by atoms with van der Waals surface area (Å²) in [5.74, 6) is 0.771. The maximum Gasteiger partial charge on any atom is 0.182 e. The summed E-state index contributed by atoms with van der Waals surface area (Å²) in [6.07, 6.45) is 4.77. The van der Waals surface area contributed by atoms with Crippen LogP contribution in [0.5, 0.6) is 0 Å². The second-order valence-electron chi connectivity index (χ2n) is 2.07. The number of H-pyrrole nitrogens is 1. The Morgan fingerprint density at radius 2 is 2.08 bits per heavy atom. The predicted octanol–water partition coefficient (Wildman–Crippen LogP) is 0.941. The van der Waals surface area contributed by atoms with Crippen LogP contribution in [0.2, 0.25) is 0 Å². The van der Waals surface area contributed by atoms with Gasteiger partial charge in [-0.1, -0.05) is 0 Å². The molecule has 0 unspecified atom stereocenters. The molecule has 0 aliphatic heterocycles. The van der Waals surface area contributed by atoms with Gasteiger partial charge in [-0.3, -0.25) is 0 Å². The Labute approximate surface area is 81.4 Å². The van der Waals surface area contributed by atoms with Crippen molar-refractivity contribution in [3.05, 3.63) is 12.7 Å². The molecule has 0 bridgehead atoms. The Balaban J connectivity index is 0.000000396. The molecule has 0 radical (unpaired) electrons. The Morgan fingerprint density at radius 1 is 1.31 bits per heavy atom. The number of rotatable bonds is 1. The summed E-state index contributed by atoms with van der Waals surface area (Å²) in [4.78, 5) is 14.9. The van der Waals surface area contributed by atoms with E-state index in [0.717, 1.165) is 11.3 Å². The average Bonchev–Trinajstić information content (AvgIpc) is 2.68. The molecule has 2 rings (SSSR count). The molecule has 0 atom stereocenters. The first-order chi connectivity index (χ1) is 6.42. The Hall–Kier alpha value is -1.30. The normalized spacial score (nSPS) is 9.15. The number of hydrogen-bond donors (Lipinski definition) is 3. The summed E-state index contributed by atoms with van der Waals surface area (Å²) in [6.45, 7) is 0. The topological polar surface area (TPSA) is 66.5 Å². The van der Waals surface area contributed by atoms with E-state index in [4.69, 9.17) is 0 Å². The molecule has 2 aromatic heterocycles. The molecule has 70 valence electrons. The van der Waals surface area contributed by atoms with E-state index in [0.29, 0.717) is 5.65 Å². The van der Waals surface area contributed by atoms with Crippen molar-refractivity contribution in [2.45, 2.75) is 0 Å². The molecular formula is C7H11N5S. The first kappa shape index (κ1) is 9.79. The zero-order valence-corrected chi connectivity index (χ0v) is 8.34. The number of anilines is 1. The smallest absolute Gasteiger partial charge is 0.182 e. The van der Waals surface area contributed by atoms with E-state index in [1.807, 2.05) is 7.05 Å². The lowest BCUT2D eigenvalue weighted by Crippen LogP contribution is -1.93. The van der Waals surface area contributed by atoms with Crippen LogP contribution in [-0.2, 0) is 0 Å². The van der Waals surface area contributed by atoms with Crippen molar-refractivity contribution >= 4 is 29.6 Å². The largest absolute Gasteiger partial charge is 0.371 e. The molecule has 0 saturated heterocycles. The maximum absolute atomic E-state index is 4.00. The number of aromatic nitrogens is 4. The van der Waals surface area contributed by atoms with Crippen LogP contribution >= 0.6 is 12.6 Å². The predicted molar refractivity (Wildman–Crippen MR) is 56.1 cm³/mol. The van der Waals surface area contributed by atoms with Crippen molar-refractivity contribution in [3.63, 3.8) is 0 Å². The van der Waals surface area contributed by atoms with Crippen LogP contribution in [0.25, 0.3) is 11.2 Å². The summed E-state index contributed by atoms with van der Waals surface area (Å²) >= 11 is 3.53. The van der Waals surface area contributed by atoms with Gasteiger partial charge in [0.2, 0.25) is 0 Å². The molecule has 0 aromatic carbocycles. The number of fused-ring (bicyclic) bond motifs is 1. The third-order valence-corrected chi connectivity index (χ3v) is 1.46. The Kier molecular flexibility index (Phi) is 3.51. The highest BCUT2D eigenvalue weighted by atomic mass is 32.1. The fourth-order valence-electron chi connectivity index (χ4n) is 0.955. The van der Waals surface area contributed by atoms with Gasteiger partial charge >= 0.3 is 0 Å². The zero-order chi connectivity index (χ0) is 9.68. The fourth-order valence-corrected chi connectivity index (χ4v) is 0.955. The second kappa shape index (κ2) is 4.66. The lowest BCUT2D eigenvalue weighted by atomic mass is 10.5. The number of imidazole rings is 1.